The number of amides is 1. The number of nitrogens with zero attached hydrogens (tertiary/aromatic N) is 3. The van der Waals surface area contributed by atoms with Crippen LogP contribution in [0.3, 0.4) is 0 Å². The molecule has 1 aromatic carbocycles. The zero-order chi connectivity index (χ0) is 18.9. The van der Waals surface area contributed by atoms with Gasteiger partial charge in [-0.3, -0.25) is 14.6 Å². The number of nitrogens with one attached hydrogen (secondary N) is 1. The van der Waals surface area contributed by atoms with Gasteiger partial charge in [0.25, 0.3) is 5.91 Å². The molecule has 6 nitrogen and oxygen atoms in total. The summed E-state index contributed by atoms with van der Waals surface area (Å²) in [7, 11) is 0. The minimum absolute atomic E-state index is 0.114. The predicted molar refractivity (Wildman–Crippen MR) is 108 cm³/mol. The van der Waals surface area contributed by atoms with Crippen molar-refractivity contribution in [1.29, 1.82) is 0 Å². The van der Waals surface area contributed by atoms with E-state index in [1.165, 1.54) is 6.21 Å². The molecule has 1 aromatic heterocycles. The average molecular weight is 387 g/mol. The first-order valence-corrected chi connectivity index (χ1v) is 9.29. The zero-order valence-electron chi connectivity index (χ0n) is 15.1. The van der Waals surface area contributed by atoms with Crippen molar-refractivity contribution in [3.8, 4) is 0 Å². The van der Waals surface area contributed by atoms with Gasteiger partial charge < -0.3 is 4.42 Å². The highest BCUT2D eigenvalue weighted by molar-refractivity contribution is 6.31. The van der Waals surface area contributed by atoms with Crippen LogP contribution in [0.1, 0.15) is 11.3 Å². The quantitative estimate of drug-likeness (QED) is 0.587. The van der Waals surface area contributed by atoms with Crippen molar-refractivity contribution in [2.75, 3.05) is 32.7 Å². The lowest BCUT2D eigenvalue weighted by atomic mass is 10.2. The summed E-state index contributed by atoms with van der Waals surface area (Å²) in [5.74, 6) is 0.625. The van der Waals surface area contributed by atoms with E-state index < -0.39 is 0 Å². The number of rotatable bonds is 7. The molecule has 2 aromatic rings. The van der Waals surface area contributed by atoms with Gasteiger partial charge in [0.1, 0.15) is 5.76 Å². The van der Waals surface area contributed by atoms with Crippen LogP contribution in [-0.4, -0.2) is 54.6 Å². The maximum absolute atomic E-state index is 12.0. The third-order valence-corrected chi connectivity index (χ3v) is 4.71. The fraction of sp³-hybridized carbons (Fsp3) is 0.300. The first kappa shape index (κ1) is 19.4. The van der Waals surface area contributed by atoms with E-state index in [4.69, 9.17) is 16.0 Å². The fourth-order valence-electron chi connectivity index (χ4n) is 2.89. The highest BCUT2D eigenvalue weighted by Gasteiger charge is 2.19. The second-order valence-electron chi connectivity index (χ2n) is 6.33. The molecule has 0 bridgehead atoms. The van der Waals surface area contributed by atoms with E-state index in [0.717, 1.165) is 49.1 Å². The fourth-order valence-corrected chi connectivity index (χ4v) is 3.08. The largest absolute Gasteiger partial charge is 0.465 e. The first-order chi connectivity index (χ1) is 13.2. The van der Waals surface area contributed by atoms with E-state index in [-0.39, 0.29) is 5.91 Å². The normalized spacial score (nSPS) is 16.3. The topological polar surface area (TPSA) is 61.1 Å². The molecule has 7 heteroatoms. The molecule has 0 radical (unpaired) electrons. The molecule has 0 aliphatic carbocycles. The van der Waals surface area contributed by atoms with E-state index in [1.807, 2.05) is 30.3 Å². The summed E-state index contributed by atoms with van der Waals surface area (Å²) in [6, 6.07) is 11.6. The minimum atomic E-state index is -0.114. The molecule has 0 saturated carbocycles. The van der Waals surface area contributed by atoms with Gasteiger partial charge in [-0.05, 0) is 35.9 Å². The molecular weight excluding hydrogens is 364 g/mol. The van der Waals surface area contributed by atoms with Crippen LogP contribution < -0.4 is 5.43 Å². The predicted octanol–water partition coefficient (Wildman–Crippen LogP) is 2.87. The summed E-state index contributed by atoms with van der Waals surface area (Å²) in [6.45, 7) is 4.70. The lowest BCUT2D eigenvalue weighted by Crippen LogP contribution is -2.48. The Morgan fingerprint density at radius 1 is 1.15 bits per heavy atom. The molecule has 1 amide bonds. The molecule has 0 atom stereocenters. The summed E-state index contributed by atoms with van der Waals surface area (Å²) in [6.07, 6.45) is 6.62. The van der Waals surface area contributed by atoms with Crippen molar-refractivity contribution in [3.63, 3.8) is 0 Å². The first-order valence-electron chi connectivity index (χ1n) is 8.91. The number of piperazine rings is 1. The summed E-state index contributed by atoms with van der Waals surface area (Å²) in [5, 5.41) is 4.72. The van der Waals surface area contributed by atoms with Gasteiger partial charge in [0, 0.05) is 44.0 Å². The second kappa shape index (κ2) is 10.1. The third-order valence-electron chi connectivity index (χ3n) is 4.34. The van der Waals surface area contributed by atoms with Gasteiger partial charge in [0.15, 0.2) is 0 Å². The van der Waals surface area contributed by atoms with E-state index in [0.29, 0.717) is 6.54 Å². The molecule has 142 valence electrons. The highest BCUT2D eigenvalue weighted by Crippen LogP contribution is 2.17. The molecule has 3 rings (SSSR count). The highest BCUT2D eigenvalue weighted by atomic mass is 35.5. The van der Waals surface area contributed by atoms with E-state index in [1.54, 1.807) is 18.4 Å². The molecule has 0 unspecified atom stereocenters. The van der Waals surface area contributed by atoms with Crippen molar-refractivity contribution < 1.29 is 9.21 Å². The smallest absolute Gasteiger partial charge is 0.254 e. The minimum Gasteiger partial charge on any atom is -0.465 e. The van der Waals surface area contributed by atoms with Gasteiger partial charge in [-0.25, -0.2) is 5.43 Å². The monoisotopic (exact) mass is 386 g/mol. The maximum Gasteiger partial charge on any atom is 0.254 e. The van der Waals surface area contributed by atoms with Crippen molar-refractivity contribution in [2.24, 2.45) is 5.10 Å². The van der Waals surface area contributed by atoms with Gasteiger partial charge in [-0.1, -0.05) is 29.8 Å². The molecule has 1 saturated heterocycles. The van der Waals surface area contributed by atoms with Crippen molar-refractivity contribution in [3.05, 3.63) is 65.1 Å². The summed E-state index contributed by atoms with van der Waals surface area (Å²) in [5.41, 5.74) is 3.69. The molecular formula is C20H23ClN4O2. The van der Waals surface area contributed by atoms with Crippen LogP contribution in [0.25, 0.3) is 6.08 Å². The van der Waals surface area contributed by atoms with Crippen LogP contribution in [0.5, 0.6) is 0 Å². The Hall–Kier alpha value is -2.41. The standard InChI is InChI=1S/C20H23ClN4O2/c21-19-8-2-1-5-17(19)15-24-10-12-25(13-11-24)16-20(26)23-22-9-3-6-18-7-4-14-27-18/h1-9,14H,10-13,15-16H2,(H,23,26)/b6-3-,22-9-. The maximum atomic E-state index is 12.0. The second-order valence-corrected chi connectivity index (χ2v) is 6.74. The van der Waals surface area contributed by atoms with Crippen molar-refractivity contribution >= 4 is 29.8 Å². The Kier molecular flexibility index (Phi) is 7.21. The van der Waals surface area contributed by atoms with Gasteiger partial charge in [0.05, 0.1) is 12.8 Å². The zero-order valence-corrected chi connectivity index (χ0v) is 15.8. The average Bonchev–Trinajstić information content (AvgIpc) is 3.18. The summed E-state index contributed by atoms with van der Waals surface area (Å²) in [4.78, 5) is 16.5. The van der Waals surface area contributed by atoms with Gasteiger partial charge in [0.2, 0.25) is 0 Å². The van der Waals surface area contributed by atoms with Crippen LogP contribution in [0, 0.1) is 0 Å². The number of hydrogen-bond donors (Lipinski definition) is 1. The van der Waals surface area contributed by atoms with Gasteiger partial charge in [-0.15, -0.1) is 0 Å². The SMILES string of the molecule is O=C(CN1CCN(Cc2ccccc2Cl)CC1)N/N=C\C=C/c1ccco1. The lowest BCUT2D eigenvalue weighted by molar-refractivity contribution is -0.122. The molecule has 27 heavy (non-hydrogen) atoms. The Morgan fingerprint density at radius 2 is 1.93 bits per heavy atom. The third kappa shape index (κ3) is 6.36. The van der Waals surface area contributed by atoms with Crippen LogP contribution in [0.2, 0.25) is 5.02 Å². The Labute approximate surface area is 164 Å². The van der Waals surface area contributed by atoms with Crippen LogP contribution in [0.4, 0.5) is 0 Å². The summed E-state index contributed by atoms with van der Waals surface area (Å²) >= 11 is 6.23. The van der Waals surface area contributed by atoms with E-state index in [9.17, 15) is 4.79 Å². The van der Waals surface area contributed by atoms with Gasteiger partial charge >= 0.3 is 0 Å². The Bertz CT molecular complexity index is 781. The molecule has 0 spiro atoms. The number of hydrazone groups is 1. The van der Waals surface area contributed by atoms with Gasteiger partial charge in [-0.2, -0.15) is 5.10 Å². The number of allylic oxidation sites excluding steroid dienone is 1. The van der Waals surface area contributed by atoms with E-state index in [2.05, 4.69) is 26.4 Å². The lowest BCUT2D eigenvalue weighted by Gasteiger charge is -2.34. The molecule has 1 aliphatic heterocycles. The van der Waals surface area contributed by atoms with Crippen LogP contribution in [-0.2, 0) is 11.3 Å². The number of halogens is 1. The van der Waals surface area contributed by atoms with Crippen LogP contribution >= 0.6 is 11.6 Å². The number of carbonyl (C=O) groups excluding carboxylic acids is 1. The number of benzene rings is 1. The van der Waals surface area contributed by atoms with E-state index >= 15 is 0 Å². The molecule has 1 N–H and O–H groups in total. The Balaban J connectivity index is 1.35. The Morgan fingerprint density at radius 3 is 2.67 bits per heavy atom. The molecule has 2 heterocycles. The molecule has 1 fully saturated rings. The molecule has 1 aliphatic rings. The number of hydrogen-bond acceptors (Lipinski definition) is 5. The van der Waals surface area contributed by atoms with Crippen molar-refractivity contribution in [1.82, 2.24) is 15.2 Å². The van der Waals surface area contributed by atoms with Crippen LogP contribution in [0.15, 0.2) is 58.3 Å². The summed E-state index contributed by atoms with van der Waals surface area (Å²) < 4.78 is 5.16. The number of carbonyl (C=O) groups is 1. The number of furan rings is 1. The van der Waals surface area contributed by atoms with Crippen molar-refractivity contribution in [2.45, 2.75) is 6.54 Å².